The molecule has 1 aliphatic carbocycles. The predicted molar refractivity (Wildman–Crippen MR) is 97.5 cm³/mol. The summed E-state index contributed by atoms with van der Waals surface area (Å²) in [4.78, 5) is 28.1. The first-order valence-electron chi connectivity index (χ1n) is 8.71. The molecule has 0 radical (unpaired) electrons. The second kappa shape index (κ2) is 6.99. The van der Waals surface area contributed by atoms with Gasteiger partial charge in [0.15, 0.2) is 0 Å². The maximum absolute atomic E-state index is 12.6. The number of aryl methyl sites for hydroxylation is 1. The van der Waals surface area contributed by atoms with Crippen molar-refractivity contribution >= 4 is 35.1 Å². The van der Waals surface area contributed by atoms with Gasteiger partial charge in [-0.3, -0.25) is 15.0 Å². The van der Waals surface area contributed by atoms with E-state index in [1.807, 2.05) is 0 Å². The molecule has 26 heavy (non-hydrogen) atoms. The normalized spacial score (nSPS) is 16.7. The van der Waals surface area contributed by atoms with Crippen LogP contribution in [0.4, 0.5) is 16.4 Å². The Labute approximate surface area is 155 Å². The van der Waals surface area contributed by atoms with Crippen LogP contribution in [0.2, 0.25) is 5.02 Å². The number of anilines is 2. The van der Waals surface area contributed by atoms with Gasteiger partial charge in [0.1, 0.15) is 6.54 Å². The maximum Gasteiger partial charge on any atom is 0.325 e. The van der Waals surface area contributed by atoms with Crippen molar-refractivity contribution < 1.29 is 14.1 Å². The van der Waals surface area contributed by atoms with Crippen LogP contribution in [0.5, 0.6) is 0 Å². The molecule has 2 aliphatic rings. The van der Waals surface area contributed by atoms with Crippen LogP contribution in [0, 0.1) is 0 Å². The number of halogens is 1. The highest BCUT2D eigenvalue weighted by Crippen LogP contribution is 2.27. The summed E-state index contributed by atoms with van der Waals surface area (Å²) < 4.78 is 5.27. The molecule has 1 aromatic carbocycles. The van der Waals surface area contributed by atoms with Gasteiger partial charge in [-0.05, 0) is 49.9 Å². The molecule has 2 heterocycles. The summed E-state index contributed by atoms with van der Waals surface area (Å²) in [5.74, 6) is 0.145. The highest BCUT2D eigenvalue weighted by atomic mass is 35.5. The summed E-state index contributed by atoms with van der Waals surface area (Å²) in [6.07, 6.45) is 3.91. The quantitative estimate of drug-likeness (QED) is 0.891. The molecule has 8 heteroatoms. The van der Waals surface area contributed by atoms with Gasteiger partial charge < -0.3 is 9.42 Å². The Morgan fingerprint density at radius 2 is 1.96 bits per heavy atom. The zero-order valence-corrected chi connectivity index (χ0v) is 15.0. The average molecular weight is 375 g/mol. The smallest absolute Gasteiger partial charge is 0.325 e. The fraction of sp³-hybridized carbons (Fsp3) is 0.389. The lowest BCUT2D eigenvalue weighted by Gasteiger charge is -2.18. The Bertz CT molecular complexity index is 833. The Balaban J connectivity index is 1.38. The van der Waals surface area contributed by atoms with Crippen molar-refractivity contribution in [3.63, 3.8) is 0 Å². The van der Waals surface area contributed by atoms with E-state index in [-0.39, 0.29) is 18.5 Å². The third-order valence-corrected chi connectivity index (χ3v) is 5.03. The van der Waals surface area contributed by atoms with Crippen LogP contribution in [-0.2, 0) is 17.6 Å². The van der Waals surface area contributed by atoms with Crippen LogP contribution in [0.25, 0.3) is 0 Å². The van der Waals surface area contributed by atoms with Crippen LogP contribution < -0.4 is 10.2 Å². The van der Waals surface area contributed by atoms with Gasteiger partial charge in [0, 0.05) is 29.4 Å². The number of amides is 3. The Morgan fingerprint density at radius 1 is 1.19 bits per heavy atom. The minimum absolute atomic E-state index is 0.0155. The van der Waals surface area contributed by atoms with Crippen molar-refractivity contribution in [2.24, 2.45) is 0 Å². The number of nitrogens with zero attached hydrogens (tertiary/aromatic N) is 3. The number of hydrogen-bond donors (Lipinski definition) is 1. The van der Waals surface area contributed by atoms with E-state index in [1.165, 1.54) is 4.90 Å². The number of benzene rings is 1. The lowest BCUT2D eigenvalue weighted by molar-refractivity contribution is -0.116. The zero-order chi connectivity index (χ0) is 18.1. The summed E-state index contributed by atoms with van der Waals surface area (Å²) in [5, 5.41) is 7.41. The molecular weight excluding hydrogens is 356 g/mol. The molecular formula is C18H19ClN4O3. The first-order chi connectivity index (χ1) is 12.6. The summed E-state index contributed by atoms with van der Waals surface area (Å²) in [6, 6.07) is 6.89. The van der Waals surface area contributed by atoms with Crippen LogP contribution in [0.3, 0.4) is 0 Å². The summed E-state index contributed by atoms with van der Waals surface area (Å²) >= 11 is 5.89. The van der Waals surface area contributed by atoms with Gasteiger partial charge in [-0.15, -0.1) is 0 Å². The van der Waals surface area contributed by atoms with Crippen molar-refractivity contribution in [1.29, 1.82) is 0 Å². The maximum atomic E-state index is 12.6. The monoisotopic (exact) mass is 374 g/mol. The fourth-order valence-electron chi connectivity index (χ4n) is 3.42. The van der Waals surface area contributed by atoms with Gasteiger partial charge in [-0.25, -0.2) is 4.79 Å². The SMILES string of the molecule is O=C(CN1CCN(c2ccc(Cl)cc2)C1=O)Nc1onc2c1CCCC2. The van der Waals surface area contributed by atoms with Crippen molar-refractivity contribution in [2.75, 3.05) is 29.9 Å². The molecule has 3 amide bonds. The number of carbonyl (C=O) groups excluding carboxylic acids is 2. The van der Waals surface area contributed by atoms with Gasteiger partial charge in [-0.2, -0.15) is 0 Å². The first kappa shape index (κ1) is 16.9. The third-order valence-electron chi connectivity index (χ3n) is 4.78. The van der Waals surface area contributed by atoms with Crippen molar-refractivity contribution in [3.05, 3.63) is 40.5 Å². The van der Waals surface area contributed by atoms with E-state index in [1.54, 1.807) is 29.2 Å². The first-order valence-corrected chi connectivity index (χ1v) is 9.09. The van der Waals surface area contributed by atoms with E-state index >= 15 is 0 Å². The molecule has 1 N–H and O–H groups in total. The average Bonchev–Trinajstić information content (AvgIpc) is 3.21. The molecule has 0 spiro atoms. The van der Waals surface area contributed by atoms with Gasteiger partial charge in [0.2, 0.25) is 11.8 Å². The van der Waals surface area contributed by atoms with Gasteiger partial charge in [0.05, 0.1) is 5.69 Å². The molecule has 1 aromatic heterocycles. The van der Waals surface area contributed by atoms with Crippen molar-refractivity contribution in [1.82, 2.24) is 10.1 Å². The molecule has 0 atom stereocenters. The number of carbonyl (C=O) groups is 2. The van der Waals surface area contributed by atoms with E-state index in [0.29, 0.717) is 24.0 Å². The number of nitrogens with one attached hydrogen (secondary N) is 1. The lowest BCUT2D eigenvalue weighted by atomic mass is 9.98. The molecule has 4 rings (SSSR count). The summed E-state index contributed by atoms with van der Waals surface area (Å²) in [6.45, 7) is 1.01. The molecule has 1 saturated heterocycles. The van der Waals surface area contributed by atoms with Crippen LogP contribution in [0.15, 0.2) is 28.8 Å². The Kier molecular flexibility index (Phi) is 4.55. The Morgan fingerprint density at radius 3 is 2.77 bits per heavy atom. The number of urea groups is 1. The second-order valence-corrected chi connectivity index (χ2v) is 6.96. The number of hydrogen-bond acceptors (Lipinski definition) is 4. The summed E-state index contributed by atoms with van der Waals surface area (Å²) in [7, 11) is 0. The van der Waals surface area contributed by atoms with E-state index < -0.39 is 0 Å². The molecule has 136 valence electrons. The third kappa shape index (κ3) is 3.26. The van der Waals surface area contributed by atoms with Gasteiger partial charge >= 0.3 is 6.03 Å². The molecule has 0 unspecified atom stereocenters. The predicted octanol–water partition coefficient (Wildman–Crippen LogP) is 3.09. The summed E-state index contributed by atoms with van der Waals surface area (Å²) in [5.41, 5.74) is 2.68. The molecule has 0 bridgehead atoms. The molecule has 1 fully saturated rings. The van der Waals surface area contributed by atoms with Crippen LogP contribution in [0.1, 0.15) is 24.1 Å². The number of fused-ring (bicyclic) bond motifs is 1. The molecule has 0 saturated carbocycles. The van der Waals surface area contributed by atoms with Crippen LogP contribution >= 0.6 is 11.6 Å². The number of rotatable bonds is 4. The number of aromatic nitrogens is 1. The fourth-order valence-corrected chi connectivity index (χ4v) is 3.54. The van der Waals surface area contributed by atoms with E-state index in [2.05, 4.69) is 10.5 Å². The minimum Gasteiger partial charge on any atom is -0.338 e. The topological polar surface area (TPSA) is 78.7 Å². The van der Waals surface area contributed by atoms with E-state index in [4.69, 9.17) is 16.1 Å². The second-order valence-electron chi connectivity index (χ2n) is 6.52. The highest BCUT2D eigenvalue weighted by Gasteiger charge is 2.31. The van der Waals surface area contributed by atoms with Gasteiger partial charge in [-0.1, -0.05) is 16.8 Å². The Hall–Kier alpha value is -2.54. The molecule has 2 aromatic rings. The minimum atomic E-state index is -0.277. The zero-order valence-electron chi connectivity index (χ0n) is 14.2. The standard InChI is InChI=1S/C18H19ClN4O3/c19-12-5-7-13(8-6-12)23-10-9-22(18(23)25)11-16(24)20-17-14-3-1-2-4-15(14)21-26-17/h5-8H,1-4,9-11H2,(H,20,24). The lowest BCUT2D eigenvalue weighted by Crippen LogP contribution is -2.37. The van der Waals surface area contributed by atoms with Crippen LogP contribution in [-0.4, -0.2) is 41.6 Å². The molecule has 7 nitrogen and oxygen atoms in total. The highest BCUT2D eigenvalue weighted by molar-refractivity contribution is 6.30. The molecule has 1 aliphatic heterocycles. The van der Waals surface area contributed by atoms with Gasteiger partial charge in [0.25, 0.3) is 0 Å². The van der Waals surface area contributed by atoms with Crippen molar-refractivity contribution in [2.45, 2.75) is 25.7 Å². The van der Waals surface area contributed by atoms with Crippen molar-refractivity contribution in [3.8, 4) is 0 Å². The largest absolute Gasteiger partial charge is 0.338 e. The van der Waals surface area contributed by atoms with E-state index in [0.717, 1.165) is 42.6 Å². The van der Waals surface area contributed by atoms with E-state index in [9.17, 15) is 9.59 Å².